The summed E-state index contributed by atoms with van der Waals surface area (Å²) in [6.45, 7) is 7.38. The number of carbonyl (C=O) groups is 1. The number of carbonyl (C=O) groups excluding carboxylic acids is 1. The Kier molecular flexibility index (Phi) is 5.37. The lowest BCUT2D eigenvalue weighted by Crippen LogP contribution is -2.47. The summed E-state index contributed by atoms with van der Waals surface area (Å²) in [6, 6.07) is 9.63. The van der Waals surface area contributed by atoms with E-state index in [1.165, 1.54) is 5.56 Å². The first-order valence-corrected chi connectivity index (χ1v) is 9.71. The van der Waals surface area contributed by atoms with Gasteiger partial charge in [-0.3, -0.25) is 9.78 Å². The molecule has 3 heterocycles. The highest BCUT2D eigenvalue weighted by molar-refractivity contribution is 6.04. The van der Waals surface area contributed by atoms with Crippen LogP contribution in [0.25, 0.3) is 0 Å². The zero-order valence-corrected chi connectivity index (χ0v) is 16.7. The summed E-state index contributed by atoms with van der Waals surface area (Å²) in [4.78, 5) is 30.0. The molecule has 1 N–H and O–H groups in total. The van der Waals surface area contributed by atoms with Gasteiger partial charge in [-0.25, -0.2) is 9.97 Å². The van der Waals surface area contributed by atoms with Crippen molar-refractivity contribution in [3.05, 3.63) is 71.8 Å². The van der Waals surface area contributed by atoms with Crippen LogP contribution in [-0.4, -0.2) is 47.0 Å². The number of piperazine rings is 1. The fraction of sp³-hybridized carbons (Fsp3) is 0.273. The molecule has 7 heteroatoms. The van der Waals surface area contributed by atoms with Crippen LogP contribution >= 0.6 is 0 Å². The second-order valence-corrected chi connectivity index (χ2v) is 7.21. The van der Waals surface area contributed by atoms with Crippen LogP contribution in [-0.2, 0) is 0 Å². The third-order valence-electron chi connectivity index (χ3n) is 5.23. The van der Waals surface area contributed by atoms with Crippen molar-refractivity contribution in [2.75, 3.05) is 41.3 Å². The molecule has 0 spiro atoms. The number of aryl methyl sites for hydroxylation is 2. The number of amides is 1. The summed E-state index contributed by atoms with van der Waals surface area (Å²) in [7, 11) is 0. The van der Waals surface area contributed by atoms with Gasteiger partial charge in [-0.2, -0.15) is 0 Å². The van der Waals surface area contributed by atoms with E-state index in [-0.39, 0.29) is 5.91 Å². The fourth-order valence-electron chi connectivity index (χ4n) is 3.37. The average molecular weight is 388 g/mol. The molecule has 0 saturated carbocycles. The Morgan fingerprint density at radius 3 is 2.38 bits per heavy atom. The van der Waals surface area contributed by atoms with Gasteiger partial charge in [0, 0.05) is 50.5 Å². The van der Waals surface area contributed by atoms with Gasteiger partial charge in [0.05, 0.1) is 17.4 Å². The topological polar surface area (TPSA) is 74.2 Å². The molecule has 2 aromatic heterocycles. The third kappa shape index (κ3) is 4.34. The number of nitrogens with one attached hydrogen (secondary N) is 1. The zero-order chi connectivity index (χ0) is 20.2. The van der Waals surface area contributed by atoms with E-state index in [9.17, 15) is 4.79 Å². The van der Waals surface area contributed by atoms with Gasteiger partial charge in [-0.15, -0.1) is 0 Å². The normalized spacial score (nSPS) is 14.0. The van der Waals surface area contributed by atoms with Crippen LogP contribution in [0, 0.1) is 13.8 Å². The van der Waals surface area contributed by atoms with Gasteiger partial charge < -0.3 is 15.1 Å². The molecule has 0 atom stereocenters. The molecule has 1 amide bonds. The lowest BCUT2D eigenvalue weighted by atomic mass is 10.1. The zero-order valence-electron chi connectivity index (χ0n) is 16.7. The minimum Gasteiger partial charge on any atom is -0.367 e. The van der Waals surface area contributed by atoms with E-state index in [1.807, 2.05) is 43.5 Å². The molecule has 1 aliphatic rings. The number of hydrogen-bond acceptors (Lipinski definition) is 6. The molecule has 7 nitrogen and oxygen atoms in total. The maximum atomic E-state index is 12.7. The standard InChI is InChI=1S/C22H24N6O/c1-16-4-5-19(12-17(16)2)26-21(29)18-13-20(15-23-14-18)27-8-10-28(11-9-27)22-24-6-3-7-25-22/h3-7,12-15H,8-11H2,1-2H3,(H,26,29). The van der Waals surface area contributed by atoms with Crippen molar-refractivity contribution in [3.8, 4) is 0 Å². The quantitative estimate of drug-likeness (QED) is 0.740. The first-order valence-electron chi connectivity index (χ1n) is 9.71. The molecule has 4 rings (SSSR count). The molecule has 0 radical (unpaired) electrons. The number of benzene rings is 1. The second kappa shape index (κ2) is 8.26. The Morgan fingerprint density at radius 1 is 0.931 bits per heavy atom. The SMILES string of the molecule is Cc1ccc(NC(=O)c2cncc(N3CCN(c4ncccn4)CC3)c2)cc1C. The summed E-state index contributed by atoms with van der Waals surface area (Å²) in [6.07, 6.45) is 6.93. The van der Waals surface area contributed by atoms with Gasteiger partial charge in [0.1, 0.15) is 0 Å². The first-order chi connectivity index (χ1) is 14.1. The van der Waals surface area contributed by atoms with E-state index in [0.29, 0.717) is 5.56 Å². The fourth-order valence-corrected chi connectivity index (χ4v) is 3.37. The van der Waals surface area contributed by atoms with Gasteiger partial charge in [0.15, 0.2) is 0 Å². The Balaban J connectivity index is 1.42. The van der Waals surface area contributed by atoms with E-state index >= 15 is 0 Å². The molecule has 1 aliphatic heterocycles. The summed E-state index contributed by atoms with van der Waals surface area (Å²) in [5.74, 6) is 0.603. The van der Waals surface area contributed by atoms with Crippen molar-refractivity contribution in [2.24, 2.45) is 0 Å². The number of nitrogens with zero attached hydrogens (tertiary/aromatic N) is 5. The molecule has 1 aromatic carbocycles. The Morgan fingerprint density at radius 2 is 1.66 bits per heavy atom. The van der Waals surface area contributed by atoms with Gasteiger partial charge >= 0.3 is 0 Å². The predicted octanol–water partition coefficient (Wildman–Crippen LogP) is 3.07. The minimum absolute atomic E-state index is 0.154. The van der Waals surface area contributed by atoms with E-state index in [4.69, 9.17) is 0 Å². The summed E-state index contributed by atoms with van der Waals surface area (Å²) in [5.41, 5.74) is 4.64. The van der Waals surface area contributed by atoms with Crippen molar-refractivity contribution >= 4 is 23.2 Å². The number of aromatic nitrogens is 3. The smallest absolute Gasteiger partial charge is 0.257 e. The highest BCUT2D eigenvalue weighted by atomic mass is 16.1. The molecule has 148 valence electrons. The number of pyridine rings is 1. The summed E-state index contributed by atoms with van der Waals surface area (Å²) >= 11 is 0. The summed E-state index contributed by atoms with van der Waals surface area (Å²) in [5, 5.41) is 2.96. The number of anilines is 3. The second-order valence-electron chi connectivity index (χ2n) is 7.21. The van der Waals surface area contributed by atoms with Gasteiger partial charge in [0.2, 0.25) is 5.95 Å². The molecular weight excluding hydrogens is 364 g/mol. The Labute approximate surface area is 170 Å². The third-order valence-corrected chi connectivity index (χ3v) is 5.23. The minimum atomic E-state index is -0.154. The highest BCUT2D eigenvalue weighted by Crippen LogP contribution is 2.20. The molecule has 0 aliphatic carbocycles. The van der Waals surface area contributed by atoms with Crippen LogP contribution in [0.2, 0.25) is 0 Å². The van der Waals surface area contributed by atoms with Crippen molar-refractivity contribution in [2.45, 2.75) is 13.8 Å². The van der Waals surface area contributed by atoms with Crippen molar-refractivity contribution < 1.29 is 4.79 Å². The first kappa shape index (κ1) is 18.9. The van der Waals surface area contributed by atoms with E-state index in [2.05, 4.69) is 37.0 Å². The van der Waals surface area contributed by atoms with E-state index in [0.717, 1.165) is 49.1 Å². The molecule has 29 heavy (non-hydrogen) atoms. The van der Waals surface area contributed by atoms with Gasteiger partial charge in [-0.1, -0.05) is 6.07 Å². The maximum absolute atomic E-state index is 12.7. The number of rotatable bonds is 4. The van der Waals surface area contributed by atoms with Crippen molar-refractivity contribution in [1.29, 1.82) is 0 Å². The molecule has 0 bridgehead atoms. The van der Waals surface area contributed by atoms with Crippen molar-refractivity contribution in [3.63, 3.8) is 0 Å². The Bertz CT molecular complexity index is 999. The van der Waals surface area contributed by atoms with Gasteiger partial charge in [0.25, 0.3) is 5.91 Å². The van der Waals surface area contributed by atoms with Crippen molar-refractivity contribution in [1.82, 2.24) is 15.0 Å². The average Bonchev–Trinajstić information content (AvgIpc) is 2.77. The largest absolute Gasteiger partial charge is 0.367 e. The predicted molar refractivity (Wildman–Crippen MR) is 115 cm³/mol. The van der Waals surface area contributed by atoms with Crippen LogP contribution in [0.3, 0.4) is 0 Å². The highest BCUT2D eigenvalue weighted by Gasteiger charge is 2.20. The molecule has 3 aromatic rings. The molecule has 0 unspecified atom stereocenters. The summed E-state index contributed by atoms with van der Waals surface area (Å²) < 4.78 is 0. The van der Waals surface area contributed by atoms with Crippen LogP contribution in [0.4, 0.5) is 17.3 Å². The molecule has 1 saturated heterocycles. The van der Waals surface area contributed by atoms with Crippen LogP contribution in [0.1, 0.15) is 21.5 Å². The van der Waals surface area contributed by atoms with Crippen LogP contribution < -0.4 is 15.1 Å². The lowest BCUT2D eigenvalue weighted by molar-refractivity contribution is 0.102. The molecule has 1 fully saturated rings. The van der Waals surface area contributed by atoms with Crippen LogP contribution in [0.5, 0.6) is 0 Å². The maximum Gasteiger partial charge on any atom is 0.257 e. The van der Waals surface area contributed by atoms with E-state index < -0.39 is 0 Å². The van der Waals surface area contributed by atoms with E-state index in [1.54, 1.807) is 18.6 Å². The molecular formula is C22H24N6O. The van der Waals surface area contributed by atoms with Gasteiger partial charge in [-0.05, 0) is 49.2 Å². The monoisotopic (exact) mass is 388 g/mol. The lowest BCUT2D eigenvalue weighted by Gasteiger charge is -2.35. The number of hydrogen-bond donors (Lipinski definition) is 1. The van der Waals surface area contributed by atoms with Crippen LogP contribution in [0.15, 0.2) is 55.1 Å². The Hall–Kier alpha value is -3.48.